The number of benzene rings is 1. The molecule has 96 valence electrons. The number of hydrogen-bond donors (Lipinski definition) is 1. The van der Waals surface area contributed by atoms with Crippen molar-refractivity contribution in [2.75, 3.05) is 6.54 Å². The first-order valence-corrected chi connectivity index (χ1v) is 7.67. The van der Waals surface area contributed by atoms with E-state index in [1.807, 2.05) is 11.8 Å². The van der Waals surface area contributed by atoms with E-state index in [0.717, 1.165) is 11.7 Å². The highest BCUT2D eigenvalue weighted by molar-refractivity contribution is 8.14. The van der Waals surface area contributed by atoms with E-state index in [4.69, 9.17) is 0 Å². The summed E-state index contributed by atoms with van der Waals surface area (Å²) in [7, 11) is 0. The fourth-order valence-corrected chi connectivity index (χ4v) is 3.99. The number of hydrogen-bond acceptors (Lipinski definition) is 3. The van der Waals surface area contributed by atoms with Gasteiger partial charge in [-0.3, -0.25) is 4.99 Å². The number of aliphatic imine (C=N–C) groups is 1. The van der Waals surface area contributed by atoms with E-state index in [2.05, 4.69) is 47.6 Å². The van der Waals surface area contributed by atoms with Crippen LogP contribution in [-0.4, -0.2) is 17.3 Å². The Morgan fingerprint density at radius 3 is 2.67 bits per heavy atom. The van der Waals surface area contributed by atoms with Crippen molar-refractivity contribution in [1.29, 1.82) is 0 Å². The van der Waals surface area contributed by atoms with Gasteiger partial charge in [0.1, 0.15) is 0 Å². The Morgan fingerprint density at radius 2 is 1.94 bits per heavy atom. The SMILES string of the molecule is CC1(NC2=NCC(c3ccccc3)S2)CCCC1. The van der Waals surface area contributed by atoms with Crippen LogP contribution in [0.1, 0.15) is 43.4 Å². The van der Waals surface area contributed by atoms with Crippen LogP contribution < -0.4 is 5.32 Å². The minimum atomic E-state index is 0.289. The van der Waals surface area contributed by atoms with Crippen LogP contribution in [0.4, 0.5) is 0 Å². The van der Waals surface area contributed by atoms with Gasteiger partial charge in [-0.1, -0.05) is 54.9 Å². The monoisotopic (exact) mass is 260 g/mol. The second kappa shape index (κ2) is 4.96. The molecule has 0 bridgehead atoms. The van der Waals surface area contributed by atoms with Crippen molar-refractivity contribution in [3.63, 3.8) is 0 Å². The molecule has 0 radical (unpaired) electrons. The highest BCUT2D eigenvalue weighted by atomic mass is 32.2. The van der Waals surface area contributed by atoms with Crippen molar-refractivity contribution in [3.05, 3.63) is 35.9 Å². The second-order valence-electron chi connectivity index (χ2n) is 5.56. The lowest BCUT2D eigenvalue weighted by atomic mass is 10.0. The average molecular weight is 260 g/mol. The molecule has 0 amide bonds. The fourth-order valence-electron chi connectivity index (χ4n) is 2.82. The zero-order valence-electron chi connectivity index (χ0n) is 10.9. The molecule has 3 rings (SSSR count). The summed E-state index contributed by atoms with van der Waals surface area (Å²) in [6.07, 6.45) is 5.26. The number of nitrogens with zero attached hydrogens (tertiary/aromatic N) is 1. The lowest BCUT2D eigenvalue weighted by Gasteiger charge is -2.26. The Bertz CT molecular complexity index is 435. The Morgan fingerprint density at radius 1 is 1.22 bits per heavy atom. The molecule has 3 heteroatoms. The quantitative estimate of drug-likeness (QED) is 0.875. The molecule has 1 atom stereocenters. The molecule has 2 aliphatic rings. The zero-order valence-corrected chi connectivity index (χ0v) is 11.7. The van der Waals surface area contributed by atoms with Gasteiger partial charge in [0.15, 0.2) is 5.17 Å². The first-order valence-electron chi connectivity index (χ1n) is 6.79. The Balaban J connectivity index is 1.61. The van der Waals surface area contributed by atoms with E-state index in [1.165, 1.54) is 31.2 Å². The topological polar surface area (TPSA) is 24.4 Å². The van der Waals surface area contributed by atoms with Crippen LogP contribution in [-0.2, 0) is 0 Å². The second-order valence-corrected chi connectivity index (χ2v) is 6.75. The lowest BCUT2D eigenvalue weighted by molar-refractivity contribution is 0.434. The molecule has 1 N–H and O–H groups in total. The summed E-state index contributed by atoms with van der Waals surface area (Å²) in [5, 5.41) is 5.31. The van der Waals surface area contributed by atoms with Gasteiger partial charge in [0.2, 0.25) is 0 Å². The molecule has 1 heterocycles. The summed E-state index contributed by atoms with van der Waals surface area (Å²) < 4.78 is 0. The molecule has 2 nitrogen and oxygen atoms in total. The first kappa shape index (κ1) is 12.1. The summed E-state index contributed by atoms with van der Waals surface area (Å²) >= 11 is 1.89. The summed E-state index contributed by atoms with van der Waals surface area (Å²) in [5.74, 6) is 0. The van der Waals surface area contributed by atoms with Crippen molar-refractivity contribution in [3.8, 4) is 0 Å². The van der Waals surface area contributed by atoms with Gasteiger partial charge in [0, 0.05) is 5.54 Å². The molecule has 0 spiro atoms. The third kappa shape index (κ3) is 2.56. The molecular formula is C15H20N2S. The maximum Gasteiger partial charge on any atom is 0.157 e. The third-order valence-electron chi connectivity index (χ3n) is 3.94. The highest BCUT2D eigenvalue weighted by Gasteiger charge is 2.31. The lowest BCUT2D eigenvalue weighted by Crippen LogP contribution is -2.41. The number of rotatable bonds is 2. The van der Waals surface area contributed by atoms with Gasteiger partial charge < -0.3 is 5.32 Å². The molecule has 1 aliphatic heterocycles. The van der Waals surface area contributed by atoms with Gasteiger partial charge in [-0.25, -0.2) is 0 Å². The smallest absolute Gasteiger partial charge is 0.157 e. The van der Waals surface area contributed by atoms with Gasteiger partial charge in [-0.05, 0) is 25.3 Å². The van der Waals surface area contributed by atoms with Crippen LogP contribution in [0.2, 0.25) is 0 Å². The molecule has 1 aliphatic carbocycles. The molecule has 0 saturated heterocycles. The number of thioether (sulfide) groups is 1. The number of amidine groups is 1. The largest absolute Gasteiger partial charge is 0.360 e. The van der Waals surface area contributed by atoms with Crippen LogP contribution in [0.5, 0.6) is 0 Å². The normalized spacial score (nSPS) is 26.1. The molecular weight excluding hydrogens is 240 g/mol. The summed E-state index contributed by atoms with van der Waals surface area (Å²) in [6.45, 7) is 3.24. The maximum atomic E-state index is 4.67. The van der Waals surface area contributed by atoms with Crippen LogP contribution in [0.3, 0.4) is 0 Å². The Kier molecular flexibility index (Phi) is 3.33. The van der Waals surface area contributed by atoms with E-state index in [1.54, 1.807) is 0 Å². The predicted octanol–water partition coefficient (Wildman–Crippen LogP) is 3.75. The van der Waals surface area contributed by atoms with Crippen molar-refractivity contribution in [2.24, 2.45) is 4.99 Å². The van der Waals surface area contributed by atoms with Gasteiger partial charge in [0.25, 0.3) is 0 Å². The zero-order chi connectivity index (χ0) is 12.4. The molecule has 1 aromatic rings. The van der Waals surface area contributed by atoms with E-state index >= 15 is 0 Å². The van der Waals surface area contributed by atoms with E-state index < -0.39 is 0 Å². The average Bonchev–Trinajstić information content (AvgIpc) is 3.00. The van der Waals surface area contributed by atoms with Crippen molar-refractivity contribution in [2.45, 2.75) is 43.4 Å². The van der Waals surface area contributed by atoms with Crippen molar-refractivity contribution >= 4 is 16.9 Å². The summed E-state index contributed by atoms with van der Waals surface area (Å²) in [5.41, 5.74) is 1.68. The fraction of sp³-hybridized carbons (Fsp3) is 0.533. The van der Waals surface area contributed by atoms with Crippen molar-refractivity contribution < 1.29 is 0 Å². The van der Waals surface area contributed by atoms with Crippen LogP contribution in [0.15, 0.2) is 35.3 Å². The minimum Gasteiger partial charge on any atom is -0.360 e. The Hall–Kier alpha value is -0.960. The Labute approximate surface area is 113 Å². The number of nitrogens with one attached hydrogen (secondary N) is 1. The van der Waals surface area contributed by atoms with Crippen LogP contribution in [0, 0.1) is 0 Å². The van der Waals surface area contributed by atoms with Gasteiger partial charge in [-0.2, -0.15) is 0 Å². The highest BCUT2D eigenvalue weighted by Crippen LogP contribution is 2.37. The predicted molar refractivity (Wildman–Crippen MR) is 79.1 cm³/mol. The van der Waals surface area contributed by atoms with Gasteiger partial charge >= 0.3 is 0 Å². The van der Waals surface area contributed by atoms with Gasteiger partial charge in [-0.15, -0.1) is 0 Å². The molecule has 1 unspecified atom stereocenters. The molecule has 1 fully saturated rings. The third-order valence-corrected chi connectivity index (χ3v) is 5.10. The molecule has 0 aromatic heterocycles. The van der Waals surface area contributed by atoms with E-state index in [0.29, 0.717) is 5.25 Å². The molecule has 1 saturated carbocycles. The standard InChI is InChI=1S/C15H20N2S/c1-15(9-5-6-10-15)17-14-16-11-13(18-14)12-7-3-2-4-8-12/h2-4,7-8,13H,5-6,9-11H2,1H3,(H,16,17). The van der Waals surface area contributed by atoms with E-state index in [9.17, 15) is 0 Å². The molecule has 1 aromatic carbocycles. The van der Waals surface area contributed by atoms with Crippen LogP contribution in [0.25, 0.3) is 0 Å². The maximum absolute atomic E-state index is 4.67. The van der Waals surface area contributed by atoms with Gasteiger partial charge in [0.05, 0.1) is 11.8 Å². The van der Waals surface area contributed by atoms with Crippen LogP contribution >= 0.6 is 11.8 Å². The molecule has 18 heavy (non-hydrogen) atoms. The first-order chi connectivity index (χ1) is 8.75. The summed E-state index contributed by atoms with van der Waals surface area (Å²) in [6, 6.07) is 10.7. The minimum absolute atomic E-state index is 0.289. The summed E-state index contributed by atoms with van der Waals surface area (Å²) in [4.78, 5) is 4.67. The van der Waals surface area contributed by atoms with E-state index in [-0.39, 0.29) is 5.54 Å². The van der Waals surface area contributed by atoms with Crippen molar-refractivity contribution in [1.82, 2.24) is 5.32 Å².